The Bertz CT molecular complexity index is 1220. The number of hydrogen-bond acceptors (Lipinski definition) is 4. The van der Waals surface area contributed by atoms with Gasteiger partial charge in [0.1, 0.15) is 6.61 Å². The van der Waals surface area contributed by atoms with Crippen molar-refractivity contribution in [2.45, 2.75) is 39.7 Å². The summed E-state index contributed by atoms with van der Waals surface area (Å²) in [5.41, 5.74) is 5.90. The van der Waals surface area contributed by atoms with Gasteiger partial charge in [0, 0.05) is 21.2 Å². The maximum absolute atomic E-state index is 12.5. The number of amides is 1. The van der Waals surface area contributed by atoms with Crippen LogP contribution < -0.4 is 14.9 Å². The molecule has 35 heavy (non-hydrogen) atoms. The molecule has 0 aromatic heterocycles. The van der Waals surface area contributed by atoms with E-state index in [4.69, 9.17) is 32.7 Å². The number of rotatable bonds is 8. The van der Waals surface area contributed by atoms with E-state index in [1.54, 1.807) is 30.5 Å². The number of hydrogen-bond donors (Lipinski definition) is 1. The van der Waals surface area contributed by atoms with Crippen molar-refractivity contribution < 1.29 is 14.3 Å². The van der Waals surface area contributed by atoms with E-state index in [1.807, 2.05) is 37.3 Å². The molecular formula is C27H27Cl2IN2O3. The van der Waals surface area contributed by atoms with E-state index in [1.165, 1.54) is 0 Å². The number of nitrogens with zero attached hydrogens (tertiary/aromatic N) is 1. The molecule has 1 amide bonds. The number of halogens is 3. The summed E-state index contributed by atoms with van der Waals surface area (Å²) in [6.07, 6.45) is 1.58. The maximum Gasteiger partial charge on any atom is 0.271 e. The normalized spacial score (nSPS) is 11.5. The molecule has 8 heteroatoms. The second kappa shape index (κ2) is 12.1. The largest absolute Gasteiger partial charge is 0.490 e. The molecule has 0 aliphatic carbocycles. The van der Waals surface area contributed by atoms with Gasteiger partial charge in [0.25, 0.3) is 5.91 Å². The van der Waals surface area contributed by atoms with Gasteiger partial charge >= 0.3 is 0 Å². The first-order chi connectivity index (χ1) is 16.6. The molecule has 0 unspecified atom stereocenters. The third-order valence-electron chi connectivity index (χ3n) is 5.11. The van der Waals surface area contributed by atoms with Crippen molar-refractivity contribution >= 4 is 57.9 Å². The second-order valence-corrected chi connectivity index (χ2v) is 10.8. The monoisotopic (exact) mass is 624 g/mol. The van der Waals surface area contributed by atoms with Crippen molar-refractivity contribution in [1.82, 2.24) is 5.43 Å². The highest BCUT2D eigenvalue weighted by atomic mass is 127. The van der Waals surface area contributed by atoms with Crippen LogP contribution in [0.2, 0.25) is 10.0 Å². The minimum Gasteiger partial charge on any atom is -0.490 e. The fourth-order valence-electron chi connectivity index (χ4n) is 3.21. The molecule has 0 fully saturated rings. The maximum atomic E-state index is 12.5. The van der Waals surface area contributed by atoms with Crippen LogP contribution >= 0.6 is 45.8 Å². The van der Waals surface area contributed by atoms with Crippen LogP contribution in [0.3, 0.4) is 0 Å². The van der Waals surface area contributed by atoms with Gasteiger partial charge in [-0.2, -0.15) is 5.10 Å². The Labute approximate surface area is 230 Å². The molecule has 3 rings (SSSR count). The van der Waals surface area contributed by atoms with E-state index in [0.717, 1.165) is 20.3 Å². The Hall–Kier alpha value is -2.29. The molecular weight excluding hydrogens is 598 g/mol. The van der Waals surface area contributed by atoms with Crippen molar-refractivity contribution in [3.05, 3.63) is 90.5 Å². The predicted octanol–water partition coefficient (Wildman–Crippen LogP) is 7.64. The van der Waals surface area contributed by atoms with Crippen LogP contribution in [0, 0.1) is 3.57 Å². The molecule has 1 N–H and O–H groups in total. The molecule has 0 spiro atoms. The van der Waals surface area contributed by atoms with Crippen molar-refractivity contribution in [1.29, 1.82) is 0 Å². The summed E-state index contributed by atoms with van der Waals surface area (Å²) in [5, 5.41) is 5.23. The molecule has 0 saturated carbocycles. The molecule has 0 bridgehead atoms. The Balaban J connectivity index is 1.71. The van der Waals surface area contributed by atoms with E-state index in [9.17, 15) is 4.79 Å². The van der Waals surface area contributed by atoms with Crippen LogP contribution in [0.4, 0.5) is 0 Å². The number of hydrazone groups is 1. The van der Waals surface area contributed by atoms with Crippen molar-refractivity contribution in [2.24, 2.45) is 5.10 Å². The predicted molar refractivity (Wildman–Crippen MR) is 151 cm³/mol. The van der Waals surface area contributed by atoms with Crippen LogP contribution in [-0.2, 0) is 12.0 Å². The Morgan fingerprint density at radius 3 is 2.40 bits per heavy atom. The zero-order valence-corrected chi connectivity index (χ0v) is 23.7. The van der Waals surface area contributed by atoms with Crippen LogP contribution in [0.25, 0.3) is 0 Å². The fraction of sp³-hybridized carbons (Fsp3) is 0.259. The zero-order valence-electron chi connectivity index (χ0n) is 20.0. The van der Waals surface area contributed by atoms with E-state index >= 15 is 0 Å². The summed E-state index contributed by atoms with van der Waals surface area (Å²) in [6, 6.07) is 16.5. The molecule has 0 saturated heterocycles. The zero-order chi connectivity index (χ0) is 25.6. The van der Waals surface area contributed by atoms with Crippen molar-refractivity contribution in [3.8, 4) is 11.5 Å². The molecule has 0 heterocycles. The van der Waals surface area contributed by atoms with Gasteiger partial charge < -0.3 is 9.47 Å². The summed E-state index contributed by atoms with van der Waals surface area (Å²) >= 11 is 14.4. The van der Waals surface area contributed by atoms with Crippen LogP contribution in [0.1, 0.15) is 54.7 Å². The number of ether oxygens (including phenoxy) is 2. The summed E-state index contributed by atoms with van der Waals surface area (Å²) in [4.78, 5) is 12.5. The first kappa shape index (κ1) is 27.3. The Kier molecular flexibility index (Phi) is 9.44. The summed E-state index contributed by atoms with van der Waals surface area (Å²) in [5.74, 6) is 0.912. The standard InChI is InChI=1S/C27H27Cl2IN2O3/c1-5-34-24-13-17(12-23(30)25(24)35-16-19-8-11-21(28)14-22(19)29)15-31-32-26(33)18-6-9-20(10-7-18)27(2,3)4/h6-15H,5,16H2,1-4H3,(H,32,33)/b31-15-. The lowest BCUT2D eigenvalue weighted by Crippen LogP contribution is -2.18. The fourth-order valence-corrected chi connectivity index (χ4v) is 4.45. The van der Waals surface area contributed by atoms with Crippen LogP contribution in [0.5, 0.6) is 11.5 Å². The third-order valence-corrected chi connectivity index (χ3v) is 6.50. The van der Waals surface area contributed by atoms with Gasteiger partial charge in [0.05, 0.1) is 16.4 Å². The molecule has 0 radical (unpaired) electrons. The first-order valence-corrected chi connectivity index (χ1v) is 12.9. The molecule has 3 aromatic rings. The van der Waals surface area contributed by atoms with Crippen molar-refractivity contribution in [2.75, 3.05) is 6.61 Å². The lowest BCUT2D eigenvalue weighted by molar-refractivity contribution is 0.0955. The highest BCUT2D eigenvalue weighted by molar-refractivity contribution is 14.1. The average Bonchev–Trinajstić information content (AvgIpc) is 2.79. The lowest BCUT2D eigenvalue weighted by atomic mass is 9.87. The van der Waals surface area contributed by atoms with E-state index in [0.29, 0.717) is 33.7 Å². The summed E-state index contributed by atoms with van der Waals surface area (Å²) in [7, 11) is 0. The van der Waals surface area contributed by atoms with Gasteiger partial charge in [-0.05, 0) is 82.5 Å². The highest BCUT2D eigenvalue weighted by Gasteiger charge is 2.15. The average molecular weight is 625 g/mol. The lowest BCUT2D eigenvalue weighted by Gasteiger charge is -2.18. The van der Waals surface area contributed by atoms with Crippen LogP contribution in [0.15, 0.2) is 59.7 Å². The van der Waals surface area contributed by atoms with Gasteiger partial charge in [0.2, 0.25) is 0 Å². The second-order valence-electron chi connectivity index (χ2n) is 8.81. The highest BCUT2D eigenvalue weighted by Crippen LogP contribution is 2.35. The molecule has 3 aromatic carbocycles. The third kappa shape index (κ3) is 7.59. The van der Waals surface area contributed by atoms with E-state index in [2.05, 4.69) is 53.9 Å². The summed E-state index contributed by atoms with van der Waals surface area (Å²) in [6.45, 7) is 9.03. The van der Waals surface area contributed by atoms with Gasteiger partial charge in [-0.15, -0.1) is 0 Å². The topological polar surface area (TPSA) is 59.9 Å². The quantitative estimate of drug-likeness (QED) is 0.159. The van der Waals surface area contributed by atoms with E-state index in [-0.39, 0.29) is 17.9 Å². The minimum atomic E-state index is -0.277. The summed E-state index contributed by atoms with van der Waals surface area (Å²) < 4.78 is 12.7. The number of carbonyl (C=O) groups excluding carboxylic acids is 1. The molecule has 0 aliphatic rings. The SMILES string of the molecule is CCOc1cc(/C=N\NC(=O)c2ccc(C(C)(C)C)cc2)cc(I)c1OCc1ccc(Cl)cc1Cl. The van der Waals surface area contributed by atoms with Gasteiger partial charge in [-0.1, -0.05) is 62.2 Å². The molecule has 5 nitrogen and oxygen atoms in total. The number of benzene rings is 3. The first-order valence-electron chi connectivity index (χ1n) is 11.1. The molecule has 0 aliphatic heterocycles. The van der Waals surface area contributed by atoms with Crippen LogP contribution in [-0.4, -0.2) is 18.7 Å². The number of carbonyl (C=O) groups is 1. The van der Waals surface area contributed by atoms with Gasteiger partial charge in [-0.25, -0.2) is 5.43 Å². The van der Waals surface area contributed by atoms with Crippen molar-refractivity contribution in [3.63, 3.8) is 0 Å². The Morgan fingerprint density at radius 1 is 1.06 bits per heavy atom. The van der Waals surface area contributed by atoms with E-state index < -0.39 is 0 Å². The molecule has 0 atom stereocenters. The minimum absolute atomic E-state index is 0.0273. The number of nitrogens with one attached hydrogen (secondary N) is 1. The molecule has 184 valence electrons. The Morgan fingerprint density at radius 2 is 1.77 bits per heavy atom. The smallest absolute Gasteiger partial charge is 0.271 e. The van der Waals surface area contributed by atoms with Gasteiger partial charge in [-0.3, -0.25) is 4.79 Å². The van der Waals surface area contributed by atoms with Gasteiger partial charge in [0.15, 0.2) is 11.5 Å².